The molecule has 40 heavy (non-hydrogen) atoms. The lowest BCUT2D eigenvalue weighted by atomic mass is 10.1. The largest absolute Gasteiger partial charge is 0.380 e. The van der Waals surface area contributed by atoms with Gasteiger partial charge in [0.05, 0.1) is 26.4 Å². The summed E-state index contributed by atoms with van der Waals surface area (Å²) in [5.74, 6) is -1.43. The highest BCUT2D eigenvalue weighted by Gasteiger charge is 2.54. The second-order valence-electron chi connectivity index (χ2n) is 10.0. The molecule has 6 nitrogen and oxygen atoms in total. The molecule has 0 bridgehead atoms. The zero-order valence-corrected chi connectivity index (χ0v) is 23.4. The Morgan fingerprint density at radius 2 is 1.15 bits per heavy atom. The van der Waals surface area contributed by atoms with Crippen LogP contribution in [0.4, 0.5) is 0 Å². The monoisotopic (exact) mass is 558 g/mol. The lowest BCUT2D eigenvalue weighted by Crippen LogP contribution is -2.55. The second kappa shape index (κ2) is 13.5. The Kier molecular flexibility index (Phi) is 9.61. The number of ether oxygens (including phenoxy) is 3. The molecule has 5 rings (SSSR count). The van der Waals surface area contributed by atoms with Gasteiger partial charge in [-0.3, -0.25) is 4.57 Å². The number of aliphatic hydroxyl groups excluding tert-OH is 1. The van der Waals surface area contributed by atoms with Gasteiger partial charge in [0.25, 0.3) is 7.37 Å². The molecule has 5 atom stereocenters. The number of aryl methyl sites for hydroxylation is 1. The molecule has 0 unspecified atom stereocenters. The van der Waals surface area contributed by atoms with Gasteiger partial charge in [0, 0.05) is 5.30 Å². The molecule has 1 saturated heterocycles. The normalized spacial score (nSPS) is 24.6. The van der Waals surface area contributed by atoms with Gasteiger partial charge in [0.1, 0.15) is 18.3 Å². The van der Waals surface area contributed by atoms with E-state index in [1.165, 1.54) is 0 Å². The first kappa shape index (κ1) is 28.4. The number of benzene rings is 4. The summed E-state index contributed by atoms with van der Waals surface area (Å²) < 4.78 is 39.6. The number of rotatable bonds is 11. The van der Waals surface area contributed by atoms with E-state index in [-0.39, 0.29) is 19.8 Å². The van der Waals surface area contributed by atoms with Gasteiger partial charge in [0.2, 0.25) is 0 Å². The molecule has 0 spiro atoms. The minimum Gasteiger partial charge on any atom is -0.380 e. The standard InChI is InChI=1S/C33H35O6P/c1-25-17-19-29(20-18-25)40(35)33(34)32(38-23-28-15-9-4-10-16-28)31(37-22-27-13-7-3-8-14-27)30(39-40)24-36-21-26-11-5-2-6-12-26/h2-20,30-34H,21-24H2,1H3/t30-,31-,32+,33-,40+/m1/s1. The fourth-order valence-corrected chi connectivity index (χ4v) is 7.12. The van der Waals surface area contributed by atoms with Crippen LogP contribution < -0.4 is 5.30 Å². The van der Waals surface area contributed by atoms with Gasteiger partial charge >= 0.3 is 0 Å². The Balaban J connectivity index is 1.44. The maximum atomic E-state index is 14.5. The van der Waals surface area contributed by atoms with Crippen LogP contribution in [0.5, 0.6) is 0 Å². The Hall–Kier alpha value is -3.09. The lowest BCUT2D eigenvalue weighted by molar-refractivity contribution is -0.174. The first-order valence-electron chi connectivity index (χ1n) is 13.5. The number of hydrogen-bond donors (Lipinski definition) is 1. The molecule has 1 aliphatic rings. The molecular weight excluding hydrogens is 523 g/mol. The summed E-state index contributed by atoms with van der Waals surface area (Å²) in [6.07, 6.45) is -2.40. The average molecular weight is 559 g/mol. The van der Waals surface area contributed by atoms with Gasteiger partial charge in [-0.2, -0.15) is 0 Å². The summed E-state index contributed by atoms with van der Waals surface area (Å²) >= 11 is 0. The van der Waals surface area contributed by atoms with Gasteiger partial charge in [-0.25, -0.2) is 0 Å². The third-order valence-electron chi connectivity index (χ3n) is 6.98. The zero-order valence-electron chi connectivity index (χ0n) is 22.5. The van der Waals surface area contributed by atoms with Crippen molar-refractivity contribution >= 4 is 12.7 Å². The minimum absolute atomic E-state index is 0.113. The Bertz CT molecular complexity index is 1360. The minimum atomic E-state index is -3.78. The highest BCUT2D eigenvalue weighted by molar-refractivity contribution is 7.67. The van der Waals surface area contributed by atoms with E-state index in [0.717, 1.165) is 22.3 Å². The highest BCUT2D eigenvalue weighted by atomic mass is 31.2. The number of hydrogen-bond acceptors (Lipinski definition) is 6. The van der Waals surface area contributed by atoms with Crippen LogP contribution in [0, 0.1) is 6.92 Å². The van der Waals surface area contributed by atoms with Crippen LogP contribution in [0.3, 0.4) is 0 Å². The van der Waals surface area contributed by atoms with Crippen LogP contribution in [0.1, 0.15) is 22.3 Å². The van der Waals surface area contributed by atoms with Gasteiger partial charge in [-0.15, -0.1) is 0 Å². The highest BCUT2D eigenvalue weighted by Crippen LogP contribution is 2.57. The summed E-state index contributed by atoms with van der Waals surface area (Å²) in [7, 11) is -3.78. The Morgan fingerprint density at radius 3 is 1.68 bits per heavy atom. The molecule has 208 valence electrons. The van der Waals surface area contributed by atoms with E-state index in [2.05, 4.69) is 0 Å². The van der Waals surface area contributed by atoms with Crippen molar-refractivity contribution in [3.8, 4) is 0 Å². The van der Waals surface area contributed by atoms with Gasteiger partial charge in [-0.1, -0.05) is 109 Å². The third kappa shape index (κ3) is 6.97. The van der Waals surface area contributed by atoms with E-state index in [1.807, 2.05) is 110 Å². The van der Waals surface area contributed by atoms with Crippen molar-refractivity contribution in [1.82, 2.24) is 0 Å². The molecule has 7 heteroatoms. The van der Waals surface area contributed by atoms with Crippen molar-refractivity contribution in [3.63, 3.8) is 0 Å². The first-order valence-corrected chi connectivity index (χ1v) is 15.2. The molecule has 4 aromatic rings. The van der Waals surface area contributed by atoms with Gasteiger partial charge in [0.15, 0.2) is 5.85 Å². The van der Waals surface area contributed by atoms with Crippen LogP contribution in [-0.4, -0.2) is 35.9 Å². The predicted molar refractivity (Wildman–Crippen MR) is 155 cm³/mol. The summed E-state index contributed by atoms with van der Waals surface area (Å²) in [5.41, 5.74) is 3.93. The second-order valence-corrected chi connectivity index (χ2v) is 12.5. The molecule has 0 saturated carbocycles. The molecule has 0 amide bonds. The van der Waals surface area contributed by atoms with E-state index < -0.39 is 31.5 Å². The summed E-state index contributed by atoms with van der Waals surface area (Å²) in [4.78, 5) is 0. The van der Waals surface area contributed by atoms with Crippen molar-refractivity contribution in [3.05, 3.63) is 138 Å². The quantitative estimate of drug-likeness (QED) is 0.228. The maximum Gasteiger partial charge on any atom is 0.262 e. The Labute approximate surface area is 236 Å². The fraction of sp³-hybridized carbons (Fsp3) is 0.273. The summed E-state index contributed by atoms with van der Waals surface area (Å²) in [6.45, 7) is 2.93. The maximum absolute atomic E-state index is 14.5. The van der Waals surface area contributed by atoms with Crippen molar-refractivity contribution in [2.75, 3.05) is 6.61 Å². The van der Waals surface area contributed by atoms with Crippen LogP contribution >= 0.6 is 7.37 Å². The van der Waals surface area contributed by atoms with E-state index >= 15 is 0 Å². The fourth-order valence-electron chi connectivity index (χ4n) is 4.77. The molecular formula is C33H35O6P. The van der Waals surface area contributed by atoms with E-state index in [0.29, 0.717) is 11.9 Å². The lowest BCUT2D eigenvalue weighted by Gasteiger charge is -2.44. The summed E-state index contributed by atoms with van der Waals surface area (Å²) in [5, 5.41) is 12.1. The molecule has 4 aromatic carbocycles. The predicted octanol–water partition coefficient (Wildman–Crippen LogP) is 6.00. The molecule has 1 aliphatic heterocycles. The number of aliphatic hydroxyl groups is 1. The zero-order chi connectivity index (χ0) is 27.8. The van der Waals surface area contributed by atoms with Crippen molar-refractivity contribution in [1.29, 1.82) is 0 Å². The molecule has 1 heterocycles. The molecule has 1 fully saturated rings. The van der Waals surface area contributed by atoms with E-state index in [4.69, 9.17) is 18.7 Å². The molecule has 1 N–H and O–H groups in total. The van der Waals surface area contributed by atoms with E-state index in [1.54, 1.807) is 12.1 Å². The van der Waals surface area contributed by atoms with Gasteiger partial charge < -0.3 is 23.8 Å². The van der Waals surface area contributed by atoms with Crippen LogP contribution in [0.2, 0.25) is 0 Å². The molecule has 0 aliphatic carbocycles. The van der Waals surface area contributed by atoms with Crippen LogP contribution in [0.15, 0.2) is 115 Å². The SMILES string of the molecule is Cc1ccc([P@]2(=O)O[C@H](COCc3ccccc3)[C@@H](OCc3ccccc3)[C@H](OCc3ccccc3)[C@@H]2O)cc1. The Morgan fingerprint density at radius 1 is 0.675 bits per heavy atom. The van der Waals surface area contributed by atoms with Crippen molar-refractivity contribution in [2.45, 2.75) is 50.9 Å². The molecule has 0 radical (unpaired) electrons. The third-order valence-corrected chi connectivity index (χ3v) is 9.57. The topological polar surface area (TPSA) is 74.2 Å². The van der Waals surface area contributed by atoms with Gasteiger partial charge in [-0.05, 0) is 35.7 Å². The first-order chi connectivity index (χ1) is 19.5. The average Bonchev–Trinajstić information content (AvgIpc) is 2.99. The van der Waals surface area contributed by atoms with Crippen LogP contribution in [-0.2, 0) is 43.1 Å². The van der Waals surface area contributed by atoms with Crippen molar-refractivity contribution in [2.24, 2.45) is 0 Å². The van der Waals surface area contributed by atoms with E-state index in [9.17, 15) is 9.67 Å². The van der Waals surface area contributed by atoms with Crippen molar-refractivity contribution < 1.29 is 28.4 Å². The summed E-state index contributed by atoms with van der Waals surface area (Å²) in [6, 6.07) is 36.5. The molecule has 0 aromatic heterocycles. The van der Waals surface area contributed by atoms with Crippen LogP contribution in [0.25, 0.3) is 0 Å². The smallest absolute Gasteiger partial charge is 0.262 e.